The van der Waals surface area contributed by atoms with Crippen molar-refractivity contribution in [2.45, 2.75) is 20.3 Å². The molecule has 1 aromatic carbocycles. The molecule has 0 radical (unpaired) electrons. The fourth-order valence-corrected chi connectivity index (χ4v) is 1.93. The first-order valence-corrected chi connectivity index (χ1v) is 6.00. The molecule has 2 aromatic rings. The highest BCUT2D eigenvalue weighted by Crippen LogP contribution is 2.25. The maximum atomic E-state index is 5.44. The highest BCUT2D eigenvalue weighted by molar-refractivity contribution is 5.66. The fourth-order valence-electron chi connectivity index (χ4n) is 1.93. The third-order valence-electron chi connectivity index (χ3n) is 2.72. The molecular weight excluding hydrogens is 212 g/mol. The Kier molecular flexibility index (Phi) is 3.47. The normalized spacial score (nSPS) is 10.5. The van der Waals surface area contributed by atoms with Gasteiger partial charge in [-0.05, 0) is 31.0 Å². The Labute approximate surface area is 102 Å². The van der Waals surface area contributed by atoms with Crippen molar-refractivity contribution in [3.05, 3.63) is 36.2 Å². The van der Waals surface area contributed by atoms with Gasteiger partial charge in [-0.3, -0.25) is 4.68 Å². The van der Waals surface area contributed by atoms with E-state index in [0.717, 1.165) is 17.9 Å². The molecule has 3 heteroatoms. The summed E-state index contributed by atoms with van der Waals surface area (Å²) in [5.41, 5.74) is 3.54. The minimum absolute atomic E-state index is 0.701. The highest BCUT2D eigenvalue weighted by Gasteiger charge is 2.07. The van der Waals surface area contributed by atoms with E-state index in [4.69, 9.17) is 4.74 Å². The van der Waals surface area contributed by atoms with E-state index in [0.29, 0.717) is 6.61 Å². The predicted octanol–water partition coefficient (Wildman–Crippen LogP) is 3.05. The second kappa shape index (κ2) is 5.04. The number of aromatic nitrogens is 2. The van der Waals surface area contributed by atoms with E-state index in [-0.39, 0.29) is 0 Å². The van der Waals surface area contributed by atoms with Gasteiger partial charge in [-0.15, -0.1) is 0 Å². The first-order valence-electron chi connectivity index (χ1n) is 6.00. The Morgan fingerprint density at radius 2 is 1.88 bits per heavy atom. The SMILES string of the molecule is CCOc1ccc(-c2cn(C)nc2CC)cc1. The molecule has 90 valence electrons. The van der Waals surface area contributed by atoms with Crippen molar-refractivity contribution in [1.29, 1.82) is 0 Å². The van der Waals surface area contributed by atoms with Crippen LogP contribution in [0.25, 0.3) is 11.1 Å². The van der Waals surface area contributed by atoms with Gasteiger partial charge in [0.15, 0.2) is 0 Å². The summed E-state index contributed by atoms with van der Waals surface area (Å²) in [5, 5.41) is 4.45. The Bertz CT molecular complexity index is 485. The van der Waals surface area contributed by atoms with Crippen LogP contribution in [0.3, 0.4) is 0 Å². The molecule has 0 bridgehead atoms. The highest BCUT2D eigenvalue weighted by atomic mass is 16.5. The van der Waals surface area contributed by atoms with Crippen molar-refractivity contribution in [3.8, 4) is 16.9 Å². The molecule has 3 nitrogen and oxygen atoms in total. The Morgan fingerprint density at radius 3 is 2.47 bits per heavy atom. The molecule has 1 aromatic heterocycles. The van der Waals surface area contributed by atoms with Crippen molar-refractivity contribution < 1.29 is 4.74 Å². The average molecular weight is 230 g/mol. The van der Waals surface area contributed by atoms with Gasteiger partial charge in [0.2, 0.25) is 0 Å². The van der Waals surface area contributed by atoms with Gasteiger partial charge in [-0.2, -0.15) is 5.10 Å². The van der Waals surface area contributed by atoms with Crippen LogP contribution in [0.15, 0.2) is 30.5 Å². The van der Waals surface area contributed by atoms with Crippen molar-refractivity contribution in [2.24, 2.45) is 7.05 Å². The van der Waals surface area contributed by atoms with Crippen molar-refractivity contribution in [1.82, 2.24) is 9.78 Å². The van der Waals surface area contributed by atoms with E-state index < -0.39 is 0 Å². The van der Waals surface area contributed by atoms with Gasteiger partial charge >= 0.3 is 0 Å². The van der Waals surface area contributed by atoms with E-state index in [2.05, 4.69) is 30.4 Å². The van der Waals surface area contributed by atoms with Crippen LogP contribution >= 0.6 is 0 Å². The van der Waals surface area contributed by atoms with Crippen molar-refractivity contribution >= 4 is 0 Å². The van der Waals surface area contributed by atoms with E-state index in [9.17, 15) is 0 Å². The molecule has 0 unspecified atom stereocenters. The summed E-state index contributed by atoms with van der Waals surface area (Å²) >= 11 is 0. The van der Waals surface area contributed by atoms with Gasteiger partial charge < -0.3 is 4.74 Å². The molecule has 2 rings (SSSR count). The summed E-state index contributed by atoms with van der Waals surface area (Å²) in [6.45, 7) is 4.82. The van der Waals surface area contributed by atoms with Gasteiger partial charge in [0.1, 0.15) is 5.75 Å². The summed E-state index contributed by atoms with van der Waals surface area (Å²) < 4.78 is 7.30. The van der Waals surface area contributed by atoms with Crippen LogP contribution in [0.4, 0.5) is 0 Å². The zero-order chi connectivity index (χ0) is 12.3. The molecule has 0 saturated carbocycles. The largest absolute Gasteiger partial charge is 0.494 e. The van der Waals surface area contributed by atoms with E-state index in [1.807, 2.05) is 30.8 Å². The Morgan fingerprint density at radius 1 is 1.18 bits per heavy atom. The van der Waals surface area contributed by atoms with Crippen molar-refractivity contribution in [3.63, 3.8) is 0 Å². The quantitative estimate of drug-likeness (QED) is 0.807. The van der Waals surface area contributed by atoms with Crippen LogP contribution in [0.5, 0.6) is 5.75 Å². The summed E-state index contributed by atoms with van der Waals surface area (Å²) in [4.78, 5) is 0. The van der Waals surface area contributed by atoms with Gasteiger partial charge in [-0.25, -0.2) is 0 Å². The van der Waals surface area contributed by atoms with Crippen LogP contribution in [-0.2, 0) is 13.5 Å². The standard InChI is InChI=1S/C14H18N2O/c1-4-14-13(10-16(3)15-14)11-6-8-12(9-7-11)17-5-2/h6-10H,4-5H2,1-3H3. The van der Waals surface area contributed by atoms with Crippen LogP contribution in [0.1, 0.15) is 19.5 Å². The summed E-state index contributed by atoms with van der Waals surface area (Å²) in [7, 11) is 1.96. The maximum absolute atomic E-state index is 5.44. The second-order valence-corrected chi connectivity index (χ2v) is 3.97. The van der Waals surface area contributed by atoms with Crippen LogP contribution in [0, 0.1) is 0 Å². The first kappa shape index (κ1) is 11.7. The second-order valence-electron chi connectivity index (χ2n) is 3.97. The van der Waals surface area contributed by atoms with E-state index >= 15 is 0 Å². The van der Waals surface area contributed by atoms with Crippen LogP contribution in [0.2, 0.25) is 0 Å². The average Bonchev–Trinajstić information content (AvgIpc) is 2.72. The molecule has 0 spiro atoms. The zero-order valence-electron chi connectivity index (χ0n) is 10.6. The third-order valence-corrected chi connectivity index (χ3v) is 2.72. The molecule has 17 heavy (non-hydrogen) atoms. The lowest BCUT2D eigenvalue weighted by molar-refractivity contribution is 0.340. The minimum atomic E-state index is 0.701. The summed E-state index contributed by atoms with van der Waals surface area (Å²) in [6, 6.07) is 8.18. The molecule has 0 aliphatic carbocycles. The molecule has 0 aliphatic heterocycles. The smallest absolute Gasteiger partial charge is 0.119 e. The monoisotopic (exact) mass is 230 g/mol. The minimum Gasteiger partial charge on any atom is -0.494 e. The molecule has 0 N–H and O–H groups in total. The van der Waals surface area contributed by atoms with E-state index in [1.54, 1.807) is 0 Å². The number of hydrogen-bond acceptors (Lipinski definition) is 2. The third kappa shape index (κ3) is 2.49. The predicted molar refractivity (Wildman–Crippen MR) is 69.2 cm³/mol. The van der Waals surface area contributed by atoms with E-state index in [1.165, 1.54) is 11.1 Å². The molecule has 0 aliphatic rings. The molecule has 0 saturated heterocycles. The van der Waals surface area contributed by atoms with Crippen LogP contribution in [-0.4, -0.2) is 16.4 Å². The first-order chi connectivity index (χ1) is 8.24. The lowest BCUT2D eigenvalue weighted by atomic mass is 10.1. The van der Waals surface area contributed by atoms with Crippen LogP contribution < -0.4 is 4.74 Å². The van der Waals surface area contributed by atoms with Crippen molar-refractivity contribution in [2.75, 3.05) is 6.61 Å². The number of benzene rings is 1. The lowest BCUT2D eigenvalue weighted by Gasteiger charge is -2.04. The van der Waals surface area contributed by atoms with Gasteiger partial charge in [0, 0.05) is 18.8 Å². The number of rotatable bonds is 4. The number of aryl methyl sites for hydroxylation is 2. The molecular formula is C14H18N2O. The molecule has 0 atom stereocenters. The van der Waals surface area contributed by atoms with Gasteiger partial charge in [0.05, 0.1) is 12.3 Å². The fraction of sp³-hybridized carbons (Fsp3) is 0.357. The zero-order valence-corrected chi connectivity index (χ0v) is 10.6. The number of hydrogen-bond donors (Lipinski definition) is 0. The Balaban J connectivity index is 2.32. The van der Waals surface area contributed by atoms with Gasteiger partial charge in [0.25, 0.3) is 0 Å². The summed E-state index contributed by atoms with van der Waals surface area (Å²) in [5.74, 6) is 0.915. The lowest BCUT2D eigenvalue weighted by Crippen LogP contribution is -1.91. The van der Waals surface area contributed by atoms with Gasteiger partial charge in [-0.1, -0.05) is 19.1 Å². The maximum Gasteiger partial charge on any atom is 0.119 e. The number of nitrogens with zero attached hydrogens (tertiary/aromatic N) is 2. The topological polar surface area (TPSA) is 27.1 Å². The Hall–Kier alpha value is -1.77. The molecule has 1 heterocycles. The summed E-state index contributed by atoms with van der Waals surface area (Å²) in [6.07, 6.45) is 3.01. The molecule has 0 amide bonds. The molecule has 0 fully saturated rings. The number of ether oxygens (including phenoxy) is 1.